The SMILES string of the molecule is Cc1cc(=O)n(-c2ccccc2)c(O)c1N=Nc1ccc(S(=O)(=O)O)cc1. The van der Waals surface area contributed by atoms with E-state index in [2.05, 4.69) is 10.2 Å². The minimum absolute atomic E-state index is 0.109. The average molecular weight is 385 g/mol. The third-order valence-electron chi connectivity index (χ3n) is 3.77. The van der Waals surface area contributed by atoms with Crippen LogP contribution >= 0.6 is 0 Å². The highest BCUT2D eigenvalue weighted by Crippen LogP contribution is 2.32. The zero-order chi connectivity index (χ0) is 19.6. The van der Waals surface area contributed by atoms with Gasteiger partial charge in [0.2, 0.25) is 5.88 Å². The van der Waals surface area contributed by atoms with Gasteiger partial charge in [0.15, 0.2) is 0 Å². The minimum atomic E-state index is -4.29. The van der Waals surface area contributed by atoms with E-state index in [1.807, 2.05) is 0 Å². The Kier molecular flexibility index (Phi) is 4.89. The Bertz CT molecular complexity index is 1170. The summed E-state index contributed by atoms with van der Waals surface area (Å²) >= 11 is 0. The van der Waals surface area contributed by atoms with Gasteiger partial charge in [-0.1, -0.05) is 18.2 Å². The highest BCUT2D eigenvalue weighted by molar-refractivity contribution is 7.85. The second kappa shape index (κ2) is 7.14. The van der Waals surface area contributed by atoms with Crippen LogP contribution in [0.25, 0.3) is 5.69 Å². The number of pyridine rings is 1. The molecule has 2 aromatic carbocycles. The first-order valence-corrected chi connectivity index (χ1v) is 9.22. The first kappa shape index (κ1) is 18.5. The lowest BCUT2D eigenvalue weighted by molar-refractivity contribution is 0.436. The van der Waals surface area contributed by atoms with E-state index in [4.69, 9.17) is 4.55 Å². The van der Waals surface area contributed by atoms with Crippen LogP contribution in [0.5, 0.6) is 5.88 Å². The number of rotatable bonds is 4. The van der Waals surface area contributed by atoms with Crippen LogP contribution in [-0.2, 0) is 10.1 Å². The van der Waals surface area contributed by atoms with Crippen molar-refractivity contribution in [1.82, 2.24) is 4.57 Å². The van der Waals surface area contributed by atoms with Crippen LogP contribution in [0.3, 0.4) is 0 Å². The summed E-state index contributed by atoms with van der Waals surface area (Å²) in [5, 5.41) is 18.5. The smallest absolute Gasteiger partial charge is 0.294 e. The summed E-state index contributed by atoms with van der Waals surface area (Å²) < 4.78 is 32.2. The van der Waals surface area contributed by atoms with Gasteiger partial charge in [0.05, 0.1) is 16.3 Å². The van der Waals surface area contributed by atoms with E-state index < -0.39 is 15.7 Å². The summed E-state index contributed by atoms with van der Waals surface area (Å²) in [7, 11) is -4.29. The number of hydrogen-bond donors (Lipinski definition) is 2. The Morgan fingerprint density at radius 1 is 0.963 bits per heavy atom. The Labute approximate surface area is 154 Å². The predicted octanol–water partition coefficient (Wildman–Crippen LogP) is 3.51. The average Bonchev–Trinajstić information content (AvgIpc) is 2.62. The van der Waals surface area contributed by atoms with E-state index in [0.717, 1.165) is 4.57 Å². The fourth-order valence-electron chi connectivity index (χ4n) is 2.45. The molecular weight excluding hydrogens is 370 g/mol. The Hall–Kier alpha value is -3.30. The molecule has 8 nitrogen and oxygen atoms in total. The first-order valence-electron chi connectivity index (χ1n) is 7.78. The molecule has 3 rings (SSSR count). The van der Waals surface area contributed by atoms with E-state index in [0.29, 0.717) is 16.9 Å². The zero-order valence-electron chi connectivity index (χ0n) is 14.1. The molecule has 9 heteroatoms. The van der Waals surface area contributed by atoms with E-state index in [1.165, 1.54) is 30.3 Å². The van der Waals surface area contributed by atoms with Crippen molar-refractivity contribution in [2.24, 2.45) is 10.2 Å². The highest BCUT2D eigenvalue weighted by atomic mass is 32.2. The van der Waals surface area contributed by atoms with Crippen LogP contribution < -0.4 is 5.56 Å². The lowest BCUT2D eigenvalue weighted by Crippen LogP contribution is -2.17. The maximum absolute atomic E-state index is 12.3. The Balaban J connectivity index is 2.02. The first-order chi connectivity index (χ1) is 12.8. The molecule has 0 atom stereocenters. The molecule has 0 bridgehead atoms. The van der Waals surface area contributed by atoms with Crippen LogP contribution in [0.1, 0.15) is 5.56 Å². The number of aromatic nitrogens is 1. The number of para-hydroxylation sites is 1. The lowest BCUT2D eigenvalue weighted by Gasteiger charge is -2.11. The summed E-state index contributed by atoms with van der Waals surface area (Å²) in [6, 6.07) is 15.0. The highest BCUT2D eigenvalue weighted by Gasteiger charge is 2.14. The molecule has 0 fully saturated rings. The van der Waals surface area contributed by atoms with Gasteiger partial charge in [-0.25, -0.2) is 4.57 Å². The monoisotopic (exact) mass is 385 g/mol. The van der Waals surface area contributed by atoms with Crippen molar-refractivity contribution < 1.29 is 18.1 Å². The number of nitrogens with zero attached hydrogens (tertiary/aromatic N) is 3. The molecule has 2 N–H and O–H groups in total. The third kappa shape index (κ3) is 3.94. The summed E-state index contributed by atoms with van der Waals surface area (Å²) in [6.45, 7) is 1.62. The molecule has 0 saturated heterocycles. The molecule has 0 unspecified atom stereocenters. The second-order valence-corrected chi connectivity index (χ2v) is 7.10. The largest absolute Gasteiger partial charge is 0.493 e. The number of aromatic hydroxyl groups is 1. The fraction of sp³-hybridized carbons (Fsp3) is 0.0556. The van der Waals surface area contributed by atoms with Gasteiger partial charge >= 0.3 is 0 Å². The summed E-state index contributed by atoms with van der Waals surface area (Å²) in [6.07, 6.45) is 0. The zero-order valence-corrected chi connectivity index (χ0v) is 15.0. The second-order valence-electron chi connectivity index (χ2n) is 5.68. The number of benzene rings is 2. The van der Waals surface area contributed by atoms with Crippen molar-refractivity contribution in [3.63, 3.8) is 0 Å². The van der Waals surface area contributed by atoms with E-state index >= 15 is 0 Å². The molecule has 27 heavy (non-hydrogen) atoms. The van der Waals surface area contributed by atoms with Gasteiger partial charge in [-0.15, -0.1) is 5.11 Å². The number of azo groups is 1. The van der Waals surface area contributed by atoms with Crippen molar-refractivity contribution in [2.45, 2.75) is 11.8 Å². The van der Waals surface area contributed by atoms with Gasteiger partial charge in [0.25, 0.3) is 15.7 Å². The maximum Gasteiger partial charge on any atom is 0.294 e. The molecule has 0 amide bonds. The van der Waals surface area contributed by atoms with Crippen LogP contribution in [0.15, 0.2) is 80.6 Å². The van der Waals surface area contributed by atoms with Crippen molar-refractivity contribution in [3.8, 4) is 11.6 Å². The third-order valence-corrected chi connectivity index (χ3v) is 4.64. The fourth-order valence-corrected chi connectivity index (χ4v) is 2.93. The van der Waals surface area contributed by atoms with E-state index in [-0.39, 0.29) is 16.5 Å². The van der Waals surface area contributed by atoms with Crippen molar-refractivity contribution in [3.05, 3.63) is 76.6 Å². The van der Waals surface area contributed by atoms with E-state index in [1.54, 1.807) is 37.3 Å². The molecule has 138 valence electrons. The van der Waals surface area contributed by atoms with Gasteiger partial charge in [0.1, 0.15) is 5.69 Å². The predicted molar refractivity (Wildman–Crippen MR) is 98.9 cm³/mol. The normalized spacial score (nSPS) is 11.8. The standard InChI is InChI=1S/C18H15N3O5S/c1-12-11-16(22)21(14-5-3-2-4-6-14)18(23)17(12)20-19-13-7-9-15(10-8-13)27(24,25)26/h2-11,23H,1H3,(H,24,25,26). The number of aryl methyl sites for hydroxylation is 1. The van der Waals surface area contributed by atoms with Crippen LogP contribution in [0.2, 0.25) is 0 Å². The summed E-state index contributed by atoms with van der Waals surface area (Å²) in [5.74, 6) is -0.357. The molecule has 0 aliphatic rings. The Morgan fingerprint density at radius 3 is 2.19 bits per heavy atom. The maximum atomic E-state index is 12.3. The molecule has 0 spiro atoms. The quantitative estimate of drug-likeness (QED) is 0.526. The van der Waals surface area contributed by atoms with Crippen molar-refractivity contribution in [2.75, 3.05) is 0 Å². The van der Waals surface area contributed by atoms with E-state index in [9.17, 15) is 18.3 Å². The van der Waals surface area contributed by atoms with Gasteiger partial charge in [-0.3, -0.25) is 9.35 Å². The molecule has 0 aliphatic carbocycles. The molecule has 3 aromatic rings. The van der Waals surface area contributed by atoms with Crippen molar-refractivity contribution in [1.29, 1.82) is 0 Å². The Morgan fingerprint density at radius 2 is 1.59 bits per heavy atom. The van der Waals surface area contributed by atoms with Crippen molar-refractivity contribution >= 4 is 21.5 Å². The topological polar surface area (TPSA) is 121 Å². The van der Waals surface area contributed by atoms with Gasteiger partial charge in [0, 0.05) is 6.07 Å². The molecule has 1 aromatic heterocycles. The number of hydrogen-bond acceptors (Lipinski definition) is 6. The summed E-state index contributed by atoms with van der Waals surface area (Å²) in [4.78, 5) is 12.0. The minimum Gasteiger partial charge on any atom is -0.493 e. The van der Waals surface area contributed by atoms with Gasteiger partial charge in [-0.2, -0.15) is 13.5 Å². The molecule has 0 radical (unpaired) electrons. The molecule has 0 aliphatic heterocycles. The van der Waals surface area contributed by atoms with Crippen LogP contribution in [-0.4, -0.2) is 22.6 Å². The molecule has 1 heterocycles. The summed E-state index contributed by atoms with van der Waals surface area (Å²) in [5.41, 5.74) is 0.917. The van der Waals surface area contributed by atoms with Gasteiger partial charge < -0.3 is 5.11 Å². The molecular formula is C18H15N3O5S. The van der Waals surface area contributed by atoms with Crippen LogP contribution in [0.4, 0.5) is 11.4 Å². The van der Waals surface area contributed by atoms with Crippen LogP contribution in [0, 0.1) is 6.92 Å². The van der Waals surface area contributed by atoms with Gasteiger partial charge in [-0.05, 0) is 48.9 Å². The lowest BCUT2D eigenvalue weighted by atomic mass is 10.2. The molecule has 0 saturated carbocycles.